The van der Waals surface area contributed by atoms with Gasteiger partial charge in [-0.25, -0.2) is 4.98 Å². The summed E-state index contributed by atoms with van der Waals surface area (Å²) in [7, 11) is 3.75. The summed E-state index contributed by atoms with van der Waals surface area (Å²) in [6.45, 7) is 1.90. The van der Waals surface area contributed by atoms with Crippen LogP contribution in [0.1, 0.15) is 5.69 Å². The van der Waals surface area contributed by atoms with E-state index in [0.29, 0.717) is 5.82 Å². The van der Waals surface area contributed by atoms with Crippen molar-refractivity contribution in [3.8, 4) is 0 Å². The number of nitrogens with one attached hydrogen (secondary N) is 1. The molecule has 4 heteroatoms. The monoisotopic (exact) mass is 231 g/mol. The van der Waals surface area contributed by atoms with Crippen molar-refractivity contribution in [2.75, 3.05) is 19.8 Å². The minimum absolute atomic E-state index is 0.565. The molecule has 68 valence electrons. The highest BCUT2D eigenvalue weighted by molar-refractivity contribution is 9.10. The molecule has 0 aliphatic rings. The molecule has 0 saturated carbocycles. The van der Waals surface area contributed by atoms with Gasteiger partial charge in [0.1, 0.15) is 5.82 Å². The molecule has 3 nitrogen and oxygen atoms in total. The van der Waals surface area contributed by atoms with Gasteiger partial charge in [0.25, 0.3) is 0 Å². The molecular formula is C8H14BrN3. The Labute approximate surface area is 81.5 Å². The fourth-order valence-corrected chi connectivity index (χ4v) is 0.784. The highest BCUT2D eigenvalue weighted by Crippen LogP contribution is 2.13. The van der Waals surface area contributed by atoms with Crippen LogP contribution in [0.5, 0.6) is 0 Å². The molecule has 0 bridgehead atoms. The van der Waals surface area contributed by atoms with Gasteiger partial charge in [-0.15, -0.1) is 0 Å². The lowest BCUT2D eigenvalue weighted by Crippen LogP contribution is -1.91. The number of aryl methyl sites for hydroxylation is 1. The molecule has 0 aromatic carbocycles. The van der Waals surface area contributed by atoms with Crippen LogP contribution in [0.15, 0.2) is 16.6 Å². The van der Waals surface area contributed by atoms with E-state index in [9.17, 15) is 0 Å². The minimum atomic E-state index is 0.565. The summed E-state index contributed by atoms with van der Waals surface area (Å²) in [6, 6.07) is 3.65. The van der Waals surface area contributed by atoms with Crippen LogP contribution in [-0.2, 0) is 0 Å². The maximum Gasteiger partial charge on any atom is 0.123 e. The molecule has 0 amide bonds. The standard InChI is InChI=1S/C6H7BrN2.C2H7N/c1-4-5(7)2-3-6(8)9-4;1-3-2/h2-3H,1H3,(H2,8,9);3H,1-2H3. The lowest BCUT2D eigenvalue weighted by atomic mass is 10.4. The first-order valence-electron chi connectivity index (χ1n) is 3.59. The average molecular weight is 232 g/mol. The van der Waals surface area contributed by atoms with Crippen LogP contribution in [0.3, 0.4) is 0 Å². The quantitative estimate of drug-likeness (QED) is 0.713. The number of nitrogens with zero attached hydrogens (tertiary/aromatic N) is 1. The third-order valence-electron chi connectivity index (χ3n) is 1.04. The summed E-state index contributed by atoms with van der Waals surface area (Å²) < 4.78 is 0.997. The second-order valence-electron chi connectivity index (χ2n) is 2.30. The highest BCUT2D eigenvalue weighted by Gasteiger charge is 1.92. The SMILES string of the molecule is CNC.Cc1nc(N)ccc1Br. The van der Waals surface area contributed by atoms with Gasteiger partial charge in [-0.1, -0.05) is 0 Å². The fraction of sp³-hybridized carbons (Fsp3) is 0.375. The molecule has 1 rings (SSSR count). The third kappa shape index (κ3) is 4.31. The van der Waals surface area contributed by atoms with Gasteiger partial charge in [-0.3, -0.25) is 0 Å². The predicted octanol–water partition coefficient (Wildman–Crippen LogP) is 1.57. The maximum atomic E-state index is 5.40. The number of rotatable bonds is 0. The number of aromatic nitrogens is 1. The number of halogens is 1. The van der Waals surface area contributed by atoms with Crippen molar-refractivity contribution in [1.29, 1.82) is 0 Å². The Bertz CT molecular complexity index is 238. The summed E-state index contributed by atoms with van der Waals surface area (Å²) in [4.78, 5) is 4.00. The molecule has 0 radical (unpaired) electrons. The van der Waals surface area contributed by atoms with Crippen molar-refractivity contribution < 1.29 is 0 Å². The zero-order chi connectivity index (χ0) is 9.56. The predicted molar refractivity (Wildman–Crippen MR) is 56.1 cm³/mol. The maximum absolute atomic E-state index is 5.40. The Hall–Kier alpha value is -0.610. The fourth-order valence-electron chi connectivity index (χ4n) is 0.563. The summed E-state index contributed by atoms with van der Waals surface area (Å²) in [5, 5.41) is 2.75. The highest BCUT2D eigenvalue weighted by atomic mass is 79.9. The van der Waals surface area contributed by atoms with Gasteiger partial charge in [0.05, 0.1) is 5.69 Å². The first-order chi connectivity index (χ1) is 5.61. The van der Waals surface area contributed by atoms with E-state index >= 15 is 0 Å². The summed E-state index contributed by atoms with van der Waals surface area (Å²) >= 11 is 3.31. The van der Waals surface area contributed by atoms with Gasteiger partial charge < -0.3 is 11.1 Å². The molecule has 0 unspecified atom stereocenters. The second kappa shape index (κ2) is 5.97. The molecular weight excluding hydrogens is 218 g/mol. The van der Waals surface area contributed by atoms with Gasteiger partial charge >= 0.3 is 0 Å². The topological polar surface area (TPSA) is 50.9 Å². The number of anilines is 1. The Kier molecular flexibility index (Phi) is 5.66. The lowest BCUT2D eigenvalue weighted by Gasteiger charge is -1.95. The molecule has 0 saturated heterocycles. The molecule has 1 aromatic heterocycles. The van der Waals surface area contributed by atoms with Crippen molar-refractivity contribution in [2.45, 2.75) is 6.92 Å². The summed E-state index contributed by atoms with van der Waals surface area (Å²) in [5.74, 6) is 0.565. The van der Waals surface area contributed by atoms with E-state index < -0.39 is 0 Å². The van der Waals surface area contributed by atoms with Crippen LogP contribution >= 0.6 is 15.9 Å². The van der Waals surface area contributed by atoms with E-state index in [2.05, 4.69) is 26.2 Å². The van der Waals surface area contributed by atoms with Crippen molar-refractivity contribution >= 4 is 21.7 Å². The van der Waals surface area contributed by atoms with Crippen LogP contribution in [-0.4, -0.2) is 19.1 Å². The molecule has 3 N–H and O–H groups in total. The van der Waals surface area contributed by atoms with E-state index in [4.69, 9.17) is 5.73 Å². The van der Waals surface area contributed by atoms with Crippen LogP contribution in [0.2, 0.25) is 0 Å². The second-order valence-corrected chi connectivity index (χ2v) is 3.16. The van der Waals surface area contributed by atoms with E-state index in [0.717, 1.165) is 10.2 Å². The Balaban J connectivity index is 0.000000354. The van der Waals surface area contributed by atoms with Crippen LogP contribution < -0.4 is 11.1 Å². The molecule has 1 aromatic rings. The van der Waals surface area contributed by atoms with Gasteiger partial charge in [-0.2, -0.15) is 0 Å². The number of nitrogens with two attached hydrogens (primary N) is 1. The number of pyridine rings is 1. The van der Waals surface area contributed by atoms with Crippen LogP contribution in [0, 0.1) is 6.92 Å². The molecule has 1 heterocycles. The van der Waals surface area contributed by atoms with Crippen molar-refractivity contribution in [3.05, 3.63) is 22.3 Å². The van der Waals surface area contributed by atoms with Crippen LogP contribution in [0.4, 0.5) is 5.82 Å². The van der Waals surface area contributed by atoms with Gasteiger partial charge in [0, 0.05) is 4.47 Å². The zero-order valence-electron chi connectivity index (χ0n) is 7.56. The van der Waals surface area contributed by atoms with Crippen molar-refractivity contribution in [1.82, 2.24) is 10.3 Å². The van der Waals surface area contributed by atoms with E-state index in [1.165, 1.54) is 0 Å². The van der Waals surface area contributed by atoms with Gasteiger partial charge in [0.15, 0.2) is 0 Å². The molecule has 0 fully saturated rings. The minimum Gasteiger partial charge on any atom is -0.384 e. The molecule has 0 aliphatic heterocycles. The molecule has 0 aliphatic carbocycles. The molecule has 0 spiro atoms. The number of nitrogen functional groups attached to an aromatic ring is 1. The normalized spacial score (nSPS) is 8.67. The molecule has 12 heavy (non-hydrogen) atoms. The Morgan fingerprint density at radius 3 is 2.25 bits per heavy atom. The number of hydrogen-bond acceptors (Lipinski definition) is 3. The molecule has 0 atom stereocenters. The Morgan fingerprint density at radius 1 is 1.42 bits per heavy atom. The first kappa shape index (κ1) is 11.4. The smallest absolute Gasteiger partial charge is 0.123 e. The van der Waals surface area contributed by atoms with Gasteiger partial charge in [0.2, 0.25) is 0 Å². The summed E-state index contributed by atoms with van der Waals surface area (Å²) in [6.07, 6.45) is 0. The largest absolute Gasteiger partial charge is 0.384 e. The number of hydrogen-bond donors (Lipinski definition) is 2. The van der Waals surface area contributed by atoms with Crippen molar-refractivity contribution in [3.63, 3.8) is 0 Å². The lowest BCUT2D eigenvalue weighted by molar-refractivity contribution is 1.02. The van der Waals surface area contributed by atoms with Gasteiger partial charge in [-0.05, 0) is 49.1 Å². The van der Waals surface area contributed by atoms with E-state index in [1.54, 1.807) is 6.07 Å². The summed E-state index contributed by atoms with van der Waals surface area (Å²) in [5.41, 5.74) is 6.32. The average Bonchev–Trinajstić information content (AvgIpc) is 1.99. The Morgan fingerprint density at radius 2 is 1.92 bits per heavy atom. The van der Waals surface area contributed by atoms with Crippen molar-refractivity contribution in [2.24, 2.45) is 0 Å². The van der Waals surface area contributed by atoms with E-state index in [1.807, 2.05) is 27.1 Å². The zero-order valence-corrected chi connectivity index (χ0v) is 9.14. The van der Waals surface area contributed by atoms with Crippen LogP contribution in [0.25, 0.3) is 0 Å². The first-order valence-corrected chi connectivity index (χ1v) is 4.38. The van der Waals surface area contributed by atoms with E-state index in [-0.39, 0.29) is 0 Å². The third-order valence-corrected chi connectivity index (χ3v) is 1.88.